The summed E-state index contributed by atoms with van der Waals surface area (Å²) in [6, 6.07) is 9.86. The molecule has 6 heteroatoms. The first-order chi connectivity index (χ1) is 11.4. The Morgan fingerprint density at radius 2 is 1.83 bits per heavy atom. The lowest BCUT2D eigenvalue weighted by atomic mass is 10.1. The quantitative estimate of drug-likeness (QED) is 0.790. The molecule has 0 aliphatic rings. The van der Waals surface area contributed by atoms with E-state index < -0.39 is 30.1 Å². The lowest BCUT2D eigenvalue weighted by Crippen LogP contribution is -2.31. The highest BCUT2D eigenvalue weighted by Crippen LogP contribution is 2.12. The second-order valence-corrected chi connectivity index (χ2v) is 5.38. The number of aryl methyl sites for hydroxylation is 1. The number of rotatable bonds is 5. The number of esters is 1. The van der Waals surface area contributed by atoms with Gasteiger partial charge in [-0.15, -0.1) is 0 Å². The number of benzene rings is 2. The molecule has 0 N–H and O–H groups in total. The monoisotopic (exact) mass is 333 g/mol. The maximum Gasteiger partial charge on any atom is 0.339 e. The Bertz CT molecular complexity index is 762. The van der Waals surface area contributed by atoms with Gasteiger partial charge in [0.15, 0.2) is 6.61 Å². The normalized spacial score (nSPS) is 10.3. The smallest absolute Gasteiger partial charge is 0.339 e. The zero-order valence-corrected chi connectivity index (χ0v) is 13.4. The minimum absolute atomic E-state index is 0.0576. The molecule has 0 aromatic heterocycles. The first-order valence-corrected chi connectivity index (χ1v) is 7.29. The molecule has 126 valence electrons. The van der Waals surface area contributed by atoms with Gasteiger partial charge in [-0.25, -0.2) is 13.6 Å². The molecule has 1 amide bonds. The van der Waals surface area contributed by atoms with Crippen LogP contribution < -0.4 is 0 Å². The fourth-order valence-corrected chi connectivity index (χ4v) is 2.10. The van der Waals surface area contributed by atoms with Crippen LogP contribution in [0.2, 0.25) is 0 Å². The van der Waals surface area contributed by atoms with Crippen molar-refractivity contribution >= 4 is 11.9 Å². The molecule has 0 aliphatic heterocycles. The van der Waals surface area contributed by atoms with E-state index in [9.17, 15) is 18.4 Å². The summed E-state index contributed by atoms with van der Waals surface area (Å²) in [4.78, 5) is 25.2. The molecular formula is C18H17F2NO3. The number of hydrogen-bond acceptors (Lipinski definition) is 3. The van der Waals surface area contributed by atoms with Gasteiger partial charge in [-0.2, -0.15) is 0 Å². The third-order valence-electron chi connectivity index (χ3n) is 3.54. The van der Waals surface area contributed by atoms with Crippen molar-refractivity contribution in [1.29, 1.82) is 0 Å². The molecule has 0 heterocycles. The zero-order valence-electron chi connectivity index (χ0n) is 13.4. The predicted molar refractivity (Wildman–Crippen MR) is 84.3 cm³/mol. The van der Waals surface area contributed by atoms with Crippen LogP contribution in [-0.4, -0.2) is 30.4 Å². The molecule has 0 radical (unpaired) electrons. The van der Waals surface area contributed by atoms with Crippen molar-refractivity contribution in [2.24, 2.45) is 0 Å². The summed E-state index contributed by atoms with van der Waals surface area (Å²) in [5.74, 6) is -2.24. The largest absolute Gasteiger partial charge is 0.452 e. The topological polar surface area (TPSA) is 46.6 Å². The summed E-state index contributed by atoms with van der Waals surface area (Å²) < 4.78 is 31.7. The van der Waals surface area contributed by atoms with Crippen molar-refractivity contribution in [2.75, 3.05) is 13.7 Å². The van der Waals surface area contributed by atoms with Crippen molar-refractivity contribution in [3.8, 4) is 0 Å². The lowest BCUT2D eigenvalue weighted by molar-refractivity contribution is -0.133. The molecule has 0 unspecified atom stereocenters. The summed E-state index contributed by atoms with van der Waals surface area (Å²) in [6.07, 6.45) is 0. The van der Waals surface area contributed by atoms with E-state index in [2.05, 4.69) is 0 Å². The Hall–Kier alpha value is -2.76. The average molecular weight is 333 g/mol. The van der Waals surface area contributed by atoms with Gasteiger partial charge in [-0.1, -0.05) is 24.3 Å². The highest BCUT2D eigenvalue weighted by molar-refractivity contribution is 5.92. The van der Waals surface area contributed by atoms with Crippen LogP contribution in [0.15, 0.2) is 42.5 Å². The molecule has 0 saturated heterocycles. The SMILES string of the molecule is Cc1ccc(F)cc1C(=O)OCC(=O)N(C)Cc1ccccc1F. The van der Waals surface area contributed by atoms with Crippen LogP contribution in [0.5, 0.6) is 0 Å². The lowest BCUT2D eigenvalue weighted by Gasteiger charge is -2.17. The number of carbonyl (C=O) groups excluding carboxylic acids is 2. The fourth-order valence-electron chi connectivity index (χ4n) is 2.10. The molecule has 4 nitrogen and oxygen atoms in total. The molecule has 0 aliphatic carbocycles. The van der Waals surface area contributed by atoms with Crippen molar-refractivity contribution in [3.63, 3.8) is 0 Å². The van der Waals surface area contributed by atoms with Crippen molar-refractivity contribution in [3.05, 3.63) is 70.8 Å². The molecule has 0 saturated carbocycles. The summed E-state index contributed by atoms with van der Waals surface area (Å²) in [5, 5.41) is 0. The maximum atomic E-state index is 13.6. The Kier molecular flexibility index (Phi) is 5.63. The number of nitrogens with zero attached hydrogens (tertiary/aromatic N) is 1. The molecule has 0 spiro atoms. The van der Waals surface area contributed by atoms with Crippen LogP contribution in [0, 0.1) is 18.6 Å². The maximum absolute atomic E-state index is 13.6. The van der Waals surface area contributed by atoms with E-state index in [1.54, 1.807) is 25.1 Å². The molecule has 0 fully saturated rings. The van der Waals surface area contributed by atoms with E-state index in [1.165, 1.54) is 30.1 Å². The molecule has 2 aromatic rings. The van der Waals surface area contributed by atoms with Gasteiger partial charge in [0.25, 0.3) is 5.91 Å². The molecule has 0 bridgehead atoms. The number of halogens is 2. The van der Waals surface area contributed by atoms with Gasteiger partial charge in [0.05, 0.1) is 5.56 Å². The van der Waals surface area contributed by atoms with Gasteiger partial charge >= 0.3 is 5.97 Å². The third kappa shape index (κ3) is 4.38. The number of hydrogen-bond donors (Lipinski definition) is 0. The first kappa shape index (κ1) is 17.6. The standard InChI is InChI=1S/C18H17F2NO3/c1-12-7-8-14(19)9-15(12)18(23)24-11-17(22)21(2)10-13-5-3-4-6-16(13)20/h3-9H,10-11H2,1-2H3. The first-order valence-electron chi connectivity index (χ1n) is 7.29. The van der Waals surface area contributed by atoms with Crippen LogP contribution in [0.3, 0.4) is 0 Å². The van der Waals surface area contributed by atoms with E-state index >= 15 is 0 Å². The van der Waals surface area contributed by atoms with Gasteiger partial charge in [-0.05, 0) is 30.7 Å². The minimum Gasteiger partial charge on any atom is -0.452 e. The highest BCUT2D eigenvalue weighted by Gasteiger charge is 2.16. The Morgan fingerprint density at radius 3 is 2.54 bits per heavy atom. The van der Waals surface area contributed by atoms with Gasteiger partial charge < -0.3 is 9.64 Å². The van der Waals surface area contributed by atoms with Crippen molar-refractivity contribution in [2.45, 2.75) is 13.5 Å². The van der Waals surface area contributed by atoms with Crippen LogP contribution in [0.1, 0.15) is 21.5 Å². The second-order valence-electron chi connectivity index (χ2n) is 5.38. The Morgan fingerprint density at radius 1 is 1.12 bits per heavy atom. The number of likely N-dealkylation sites (N-methyl/N-ethyl adjacent to an activating group) is 1. The summed E-state index contributed by atoms with van der Waals surface area (Å²) in [5.41, 5.74) is 0.980. The second kappa shape index (κ2) is 7.68. The number of amides is 1. The Labute approximate surface area is 138 Å². The molecular weight excluding hydrogens is 316 g/mol. The molecule has 2 rings (SSSR count). The minimum atomic E-state index is -0.778. The third-order valence-corrected chi connectivity index (χ3v) is 3.54. The van der Waals surface area contributed by atoms with E-state index in [0.29, 0.717) is 11.1 Å². The van der Waals surface area contributed by atoms with Crippen molar-refractivity contribution < 1.29 is 23.1 Å². The molecule has 2 aromatic carbocycles. The number of ether oxygens (including phenoxy) is 1. The zero-order chi connectivity index (χ0) is 17.7. The van der Waals surface area contributed by atoms with Gasteiger partial charge in [0.1, 0.15) is 11.6 Å². The highest BCUT2D eigenvalue weighted by atomic mass is 19.1. The van der Waals surface area contributed by atoms with Gasteiger partial charge in [0.2, 0.25) is 0 Å². The van der Waals surface area contributed by atoms with Gasteiger partial charge in [0, 0.05) is 19.2 Å². The van der Waals surface area contributed by atoms with E-state index in [0.717, 1.165) is 6.07 Å². The summed E-state index contributed by atoms with van der Waals surface area (Å²) in [6.45, 7) is 1.20. The van der Waals surface area contributed by atoms with Crippen LogP contribution in [0.25, 0.3) is 0 Å². The van der Waals surface area contributed by atoms with E-state index in [-0.39, 0.29) is 12.1 Å². The number of carbonyl (C=O) groups is 2. The predicted octanol–water partition coefficient (Wildman–Crippen LogP) is 3.09. The van der Waals surface area contributed by atoms with E-state index in [1.807, 2.05) is 0 Å². The van der Waals surface area contributed by atoms with Crippen molar-refractivity contribution in [1.82, 2.24) is 4.90 Å². The summed E-state index contributed by atoms with van der Waals surface area (Å²) in [7, 11) is 1.48. The van der Waals surface area contributed by atoms with Gasteiger partial charge in [-0.3, -0.25) is 4.79 Å². The van der Waals surface area contributed by atoms with Crippen LogP contribution in [-0.2, 0) is 16.1 Å². The van der Waals surface area contributed by atoms with Crippen LogP contribution in [0.4, 0.5) is 8.78 Å². The van der Waals surface area contributed by atoms with Crippen LogP contribution >= 0.6 is 0 Å². The molecule has 0 atom stereocenters. The molecule has 24 heavy (non-hydrogen) atoms. The Balaban J connectivity index is 1.93. The van der Waals surface area contributed by atoms with E-state index in [4.69, 9.17) is 4.74 Å². The summed E-state index contributed by atoms with van der Waals surface area (Å²) >= 11 is 0. The average Bonchev–Trinajstić information content (AvgIpc) is 2.56. The fraction of sp³-hybridized carbons (Fsp3) is 0.222.